The summed E-state index contributed by atoms with van der Waals surface area (Å²) in [6, 6.07) is 8.22. The molecule has 0 radical (unpaired) electrons. The van der Waals surface area contributed by atoms with Gasteiger partial charge in [0, 0.05) is 37.6 Å². The number of nitrogens with one attached hydrogen (secondary N) is 3. The molecule has 0 atom stereocenters. The fraction of sp³-hybridized carbons (Fsp3) is 0.556. The first-order valence-electron chi connectivity index (χ1n) is 8.65. The van der Waals surface area contributed by atoms with E-state index in [1.165, 1.54) is 18.4 Å². The average molecular weight is 351 g/mol. The predicted molar refractivity (Wildman–Crippen MR) is 99.5 cm³/mol. The van der Waals surface area contributed by atoms with Gasteiger partial charge >= 0.3 is 0 Å². The number of halogens is 1. The third-order valence-electron chi connectivity index (χ3n) is 4.18. The van der Waals surface area contributed by atoms with Crippen molar-refractivity contribution in [2.75, 3.05) is 20.1 Å². The van der Waals surface area contributed by atoms with Crippen LogP contribution in [0.5, 0.6) is 0 Å². The zero-order valence-electron chi connectivity index (χ0n) is 14.3. The SMILES string of the molecule is CN=C(NCCC(=O)NC1CCCC1)NCCc1cccc(Cl)c1. The number of carbonyl (C=O) groups excluding carboxylic acids is 1. The lowest BCUT2D eigenvalue weighted by Crippen LogP contribution is -2.41. The molecule has 1 aliphatic rings. The molecule has 1 aromatic carbocycles. The summed E-state index contributed by atoms with van der Waals surface area (Å²) in [7, 11) is 1.73. The fourth-order valence-corrected chi connectivity index (χ4v) is 3.12. The third-order valence-corrected chi connectivity index (χ3v) is 4.42. The van der Waals surface area contributed by atoms with Crippen LogP contribution in [0, 0.1) is 0 Å². The molecule has 24 heavy (non-hydrogen) atoms. The van der Waals surface area contributed by atoms with Crippen molar-refractivity contribution in [2.45, 2.75) is 44.6 Å². The monoisotopic (exact) mass is 350 g/mol. The molecule has 0 heterocycles. The Labute approximate surface area is 149 Å². The number of amides is 1. The Balaban J connectivity index is 1.60. The minimum absolute atomic E-state index is 0.115. The Morgan fingerprint density at radius 2 is 2.00 bits per heavy atom. The largest absolute Gasteiger partial charge is 0.356 e. The summed E-state index contributed by atoms with van der Waals surface area (Å²) in [5.41, 5.74) is 1.18. The first kappa shape index (κ1) is 18.6. The van der Waals surface area contributed by atoms with E-state index in [0.717, 1.165) is 30.8 Å². The lowest BCUT2D eigenvalue weighted by molar-refractivity contribution is -0.121. The van der Waals surface area contributed by atoms with Gasteiger partial charge in [0.05, 0.1) is 0 Å². The molecule has 132 valence electrons. The molecule has 0 aromatic heterocycles. The molecule has 1 saturated carbocycles. The van der Waals surface area contributed by atoms with Crippen molar-refractivity contribution in [3.63, 3.8) is 0 Å². The first-order chi connectivity index (χ1) is 11.7. The van der Waals surface area contributed by atoms with Crippen LogP contribution in [-0.2, 0) is 11.2 Å². The van der Waals surface area contributed by atoms with Crippen LogP contribution in [-0.4, -0.2) is 38.0 Å². The maximum atomic E-state index is 11.9. The average Bonchev–Trinajstić information content (AvgIpc) is 3.06. The zero-order chi connectivity index (χ0) is 17.2. The van der Waals surface area contributed by atoms with E-state index < -0.39 is 0 Å². The van der Waals surface area contributed by atoms with Crippen LogP contribution in [0.4, 0.5) is 0 Å². The lowest BCUT2D eigenvalue weighted by atomic mass is 10.1. The molecule has 0 spiro atoms. The number of benzene rings is 1. The van der Waals surface area contributed by atoms with Crippen molar-refractivity contribution in [2.24, 2.45) is 4.99 Å². The predicted octanol–water partition coefficient (Wildman–Crippen LogP) is 2.50. The molecular weight excluding hydrogens is 324 g/mol. The van der Waals surface area contributed by atoms with Crippen LogP contribution in [0.3, 0.4) is 0 Å². The fourth-order valence-electron chi connectivity index (χ4n) is 2.90. The molecule has 1 aliphatic carbocycles. The molecule has 5 nitrogen and oxygen atoms in total. The molecule has 0 aliphatic heterocycles. The highest BCUT2D eigenvalue weighted by Crippen LogP contribution is 2.17. The summed E-state index contributed by atoms with van der Waals surface area (Å²) in [5.74, 6) is 0.828. The topological polar surface area (TPSA) is 65.5 Å². The van der Waals surface area contributed by atoms with Gasteiger partial charge in [0.25, 0.3) is 0 Å². The van der Waals surface area contributed by atoms with Crippen molar-refractivity contribution in [1.82, 2.24) is 16.0 Å². The highest BCUT2D eigenvalue weighted by molar-refractivity contribution is 6.30. The van der Waals surface area contributed by atoms with E-state index in [1.54, 1.807) is 7.05 Å². The first-order valence-corrected chi connectivity index (χ1v) is 9.03. The Hall–Kier alpha value is -1.75. The molecule has 1 aromatic rings. The summed E-state index contributed by atoms with van der Waals surface area (Å²) in [4.78, 5) is 16.0. The van der Waals surface area contributed by atoms with Gasteiger partial charge in [0.15, 0.2) is 5.96 Å². The van der Waals surface area contributed by atoms with Gasteiger partial charge in [0.1, 0.15) is 0 Å². The van der Waals surface area contributed by atoms with Gasteiger partial charge in [-0.05, 0) is 37.0 Å². The van der Waals surface area contributed by atoms with Crippen molar-refractivity contribution >= 4 is 23.5 Å². The van der Waals surface area contributed by atoms with Gasteiger partial charge in [-0.3, -0.25) is 9.79 Å². The smallest absolute Gasteiger partial charge is 0.221 e. The van der Waals surface area contributed by atoms with E-state index in [4.69, 9.17) is 11.6 Å². The lowest BCUT2D eigenvalue weighted by Gasteiger charge is -2.14. The van der Waals surface area contributed by atoms with Crippen molar-refractivity contribution in [3.8, 4) is 0 Å². The molecule has 0 saturated heterocycles. The number of carbonyl (C=O) groups is 1. The van der Waals surface area contributed by atoms with E-state index in [9.17, 15) is 4.79 Å². The van der Waals surface area contributed by atoms with Crippen LogP contribution in [0.15, 0.2) is 29.3 Å². The van der Waals surface area contributed by atoms with Gasteiger partial charge in [-0.15, -0.1) is 0 Å². The number of aliphatic imine (C=N–C) groups is 1. The van der Waals surface area contributed by atoms with Gasteiger partial charge in [0.2, 0.25) is 5.91 Å². The summed E-state index contributed by atoms with van der Waals surface area (Å²) < 4.78 is 0. The summed E-state index contributed by atoms with van der Waals surface area (Å²) in [6.07, 6.45) is 6.02. The maximum Gasteiger partial charge on any atom is 0.221 e. The Morgan fingerprint density at radius 1 is 1.25 bits per heavy atom. The van der Waals surface area contributed by atoms with E-state index >= 15 is 0 Å². The second-order valence-corrected chi connectivity index (χ2v) is 6.54. The molecular formula is C18H27ClN4O. The summed E-state index contributed by atoms with van der Waals surface area (Å²) in [5, 5.41) is 10.3. The van der Waals surface area contributed by atoms with Crippen LogP contribution in [0.25, 0.3) is 0 Å². The van der Waals surface area contributed by atoms with E-state index in [0.29, 0.717) is 25.0 Å². The minimum atomic E-state index is 0.115. The molecule has 1 fully saturated rings. The molecule has 0 bridgehead atoms. The minimum Gasteiger partial charge on any atom is -0.356 e. The second-order valence-electron chi connectivity index (χ2n) is 6.10. The number of hydrogen-bond acceptors (Lipinski definition) is 2. The molecule has 6 heteroatoms. The van der Waals surface area contributed by atoms with Crippen LogP contribution >= 0.6 is 11.6 Å². The third kappa shape index (κ3) is 6.79. The number of guanidine groups is 1. The van der Waals surface area contributed by atoms with Gasteiger partial charge in [-0.1, -0.05) is 36.6 Å². The molecule has 2 rings (SSSR count). The summed E-state index contributed by atoms with van der Waals surface area (Å²) in [6.45, 7) is 1.34. The number of nitrogens with zero attached hydrogens (tertiary/aromatic N) is 1. The van der Waals surface area contributed by atoms with Crippen molar-refractivity contribution < 1.29 is 4.79 Å². The Kier molecular flexibility index (Phi) is 7.89. The summed E-state index contributed by atoms with van der Waals surface area (Å²) >= 11 is 5.98. The Bertz CT molecular complexity index is 556. The second kappa shape index (κ2) is 10.2. The van der Waals surface area contributed by atoms with E-state index in [2.05, 4.69) is 27.0 Å². The highest BCUT2D eigenvalue weighted by Gasteiger charge is 2.16. The molecule has 1 amide bonds. The zero-order valence-corrected chi connectivity index (χ0v) is 15.0. The van der Waals surface area contributed by atoms with Crippen LogP contribution < -0.4 is 16.0 Å². The molecule has 0 unspecified atom stereocenters. The number of rotatable bonds is 7. The van der Waals surface area contributed by atoms with E-state index in [1.807, 2.05) is 18.2 Å². The number of hydrogen-bond donors (Lipinski definition) is 3. The van der Waals surface area contributed by atoms with Gasteiger partial charge < -0.3 is 16.0 Å². The quantitative estimate of drug-likeness (QED) is 0.523. The maximum absolute atomic E-state index is 11.9. The highest BCUT2D eigenvalue weighted by atomic mass is 35.5. The molecule has 3 N–H and O–H groups in total. The van der Waals surface area contributed by atoms with Crippen LogP contribution in [0.2, 0.25) is 5.02 Å². The standard InChI is InChI=1S/C18H27ClN4O/c1-20-18(21-11-9-14-5-4-6-15(19)13-14)22-12-10-17(24)23-16-7-2-3-8-16/h4-6,13,16H,2-3,7-12H2,1H3,(H,23,24)(H2,20,21,22). The normalized spacial score (nSPS) is 15.3. The van der Waals surface area contributed by atoms with Gasteiger partial charge in [-0.2, -0.15) is 0 Å². The van der Waals surface area contributed by atoms with Gasteiger partial charge in [-0.25, -0.2) is 0 Å². The van der Waals surface area contributed by atoms with Crippen LogP contribution in [0.1, 0.15) is 37.7 Å². The van der Waals surface area contributed by atoms with Crippen molar-refractivity contribution in [3.05, 3.63) is 34.9 Å². The van der Waals surface area contributed by atoms with Crippen molar-refractivity contribution in [1.29, 1.82) is 0 Å². The van der Waals surface area contributed by atoms with E-state index in [-0.39, 0.29) is 5.91 Å². The Morgan fingerprint density at radius 3 is 2.71 bits per heavy atom.